The summed E-state index contributed by atoms with van der Waals surface area (Å²) < 4.78 is 0. The third-order valence-corrected chi connectivity index (χ3v) is 3.33. The monoisotopic (exact) mass is 234 g/mol. The average molecular weight is 234 g/mol. The highest BCUT2D eigenvalue weighted by Gasteiger charge is 2.16. The molecule has 1 fully saturated rings. The van der Waals surface area contributed by atoms with E-state index in [0.29, 0.717) is 11.8 Å². The van der Waals surface area contributed by atoms with E-state index in [-0.39, 0.29) is 5.75 Å². The van der Waals surface area contributed by atoms with Crippen LogP contribution in [0.4, 0.5) is 5.69 Å². The van der Waals surface area contributed by atoms with Crippen LogP contribution in [0.15, 0.2) is 18.2 Å². The zero-order valence-electron chi connectivity index (χ0n) is 10.1. The Labute approximate surface area is 101 Å². The van der Waals surface area contributed by atoms with Crippen molar-refractivity contribution in [3.05, 3.63) is 23.8 Å². The second kappa shape index (κ2) is 5.19. The van der Waals surface area contributed by atoms with Crippen LogP contribution in [0.25, 0.3) is 0 Å². The minimum absolute atomic E-state index is 0.0652. The normalized spacial score (nSPS) is 17.1. The average Bonchev–Trinajstić information content (AvgIpc) is 2.39. The molecule has 0 saturated carbocycles. The number of phenolic OH excluding ortho intramolecular Hbond substituents is 1. The Morgan fingerprint density at radius 3 is 2.53 bits per heavy atom. The molecule has 0 spiro atoms. The topological polar surface area (TPSA) is 43.8 Å². The van der Waals surface area contributed by atoms with Crippen LogP contribution in [-0.4, -0.2) is 49.0 Å². The molecule has 0 amide bonds. The van der Waals surface area contributed by atoms with Gasteiger partial charge in [-0.05, 0) is 18.7 Å². The molecule has 1 heterocycles. The molecule has 4 heteroatoms. The van der Waals surface area contributed by atoms with Crippen molar-refractivity contribution in [2.75, 3.05) is 37.6 Å². The number of phenols is 1. The van der Waals surface area contributed by atoms with Gasteiger partial charge in [0.25, 0.3) is 0 Å². The third-order valence-electron chi connectivity index (χ3n) is 3.33. The number of rotatable bonds is 3. The molecule has 2 rings (SSSR count). The summed E-state index contributed by atoms with van der Waals surface area (Å²) in [6.07, 6.45) is 0.675. The van der Waals surface area contributed by atoms with Crippen molar-refractivity contribution in [3.8, 4) is 5.75 Å². The first kappa shape index (κ1) is 11.9. The molecule has 0 aromatic heterocycles. The lowest BCUT2D eigenvalue weighted by molar-refractivity contribution is 0.112. The van der Waals surface area contributed by atoms with Gasteiger partial charge in [0.2, 0.25) is 0 Å². The number of piperazine rings is 1. The van der Waals surface area contributed by atoms with Crippen LogP contribution >= 0.6 is 0 Å². The van der Waals surface area contributed by atoms with Gasteiger partial charge < -0.3 is 14.9 Å². The maximum Gasteiger partial charge on any atom is 0.153 e. The molecule has 1 N–H and O–H groups in total. The summed E-state index contributed by atoms with van der Waals surface area (Å²) in [4.78, 5) is 15.3. The highest BCUT2D eigenvalue weighted by Crippen LogP contribution is 2.24. The van der Waals surface area contributed by atoms with Gasteiger partial charge in [-0.2, -0.15) is 0 Å². The van der Waals surface area contributed by atoms with Gasteiger partial charge in [0.15, 0.2) is 6.29 Å². The van der Waals surface area contributed by atoms with Crippen molar-refractivity contribution in [1.82, 2.24) is 4.90 Å². The lowest BCUT2D eigenvalue weighted by Gasteiger charge is -2.35. The van der Waals surface area contributed by atoms with E-state index in [9.17, 15) is 9.90 Å². The molecule has 17 heavy (non-hydrogen) atoms. The minimum Gasteiger partial charge on any atom is -0.507 e. The molecule has 1 aromatic rings. The predicted octanol–water partition coefficient (Wildman–Crippen LogP) is 1.35. The number of anilines is 1. The summed E-state index contributed by atoms with van der Waals surface area (Å²) >= 11 is 0. The summed E-state index contributed by atoms with van der Waals surface area (Å²) in [7, 11) is 0. The maximum absolute atomic E-state index is 10.6. The number of hydrogen-bond donors (Lipinski definition) is 1. The van der Waals surface area contributed by atoms with Crippen LogP contribution in [-0.2, 0) is 0 Å². The fourth-order valence-corrected chi connectivity index (χ4v) is 2.15. The number of aldehydes is 1. The van der Waals surface area contributed by atoms with Crippen molar-refractivity contribution in [3.63, 3.8) is 0 Å². The predicted molar refractivity (Wildman–Crippen MR) is 67.8 cm³/mol. The maximum atomic E-state index is 10.6. The van der Waals surface area contributed by atoms with E-state index in [2.05, 4.69) is 16.7 Å². The number of aromatic hydroxyl groups is 1. The molecular formula is C13H18N2O2. The number of likely N-dealkylation sites (N-methyl/N-ethyl adjacent to an activating group) is 1. The van der Waals surface area contributed by atoms with Crippen LogP contribution in [0.3, 0.4) is 0 Å². The van der Waals surface area contributed by atoms with Gasteiger partial charge in [-0.25, -0.2) is 0 Å². The van der Waals surface area contributed by atoms with Crippen molar-refractivity contribution in [1.29, 1.82) is 0 Å². The first-order chi connectivity index (χ1) is 8.24. The lowest BCUT2D eigenvalue weighted by atomic mass is 10.1. The van der Waals surface area contributed by atoms with Crippen LogP contribution < -0.4 is 4.90 Å². The quantitative estimate of drug-likeness (QED) is 0.802. The summed E-state index contributed by atoms with van der Waals surface area (Å²) in [6.45, 7) is 7.28. The Balaban J connectivity index is 2.08. The molecular weight excluding hydrogens is 216 g/mol. The second-order valence-corrected chi connectivity index (χ2v) is 4.28. The lowest BCUT2D eigenvalue weighted by Crippen LogP contribution is -2.46. The molecule has 1 saturated heterocycles. The Hall–Kier alpha value is -1.55. The summed E-state index contributed by atoms with van der Waals surface area (Å²) in [5.74, 6) is 0.0652. The molecule has 1 aliphatic rings. The largest absolute Gasteiger partial charge is 0.507 e. The van der Waals surface area contributed by atoms with Crippen molar-refractivity contribution < 1.29 is 9.90 Å². The standard InChI is InChI=1S/C13H18N2O2/c1-2-14-5-7-15(8-6-14)12-4-3-11(10-16)13(17)9-12/h3-4,9-10,17H,2,5-8H2,1H3. The molecule has 0 unspecified atom stereocenters. The molecule has 0 aliphatic carbocycles. The molecule has 1 aliphatic heterocycles. The van der Waals surface area contributed by atoms with E-state index in [1.54, 1.807) is 12.1 Å². The van der Waals surface area contributed by atoms with Crippen LogP contribution in [0.2, 0.25) is 0 Å². The fraction of sp³-hybridized carbons (Fsp3) is 0.462. The van der Waals surface area contributed by atoms with Gasteiger partial charge in [-0.15, -0.1) is 0 Å². The Morgan fingerprint density at radius 1 is 1.29 bits per heavy atom. The molecule has 0 bridgehead atoms. The highest BCUT2D eigenvalue weighted by molar-refractivity contribution is 5.80. The van der Waals surface area contributed by atoms with Gasteiger partial charge in [-0.1, -0.05) is 6.92 Å². The number of nitrogens with zero attached hydrogens (tertiary/aromatic N) is 2. The number of carbonyl (C=O) groups is 1. The second-order valence-electron chi connectivity index (χ2n) is 4.28. The first-order valence-corrected chi connectivity index (χ1v) is 6.00. The number of benzene rings is 1. The number of carbonyl (C=O) groups excluding carboxylic acids is 1. The smallest absolute Gasteiger partial charge is 0.153 e. The molecule has 4 nitrogen and oxygen atoms in total. The van der Waals surface area contributed by atoms with Crippen molar-refractivity contribution in [2.45, 2.75) is 6.92 Å². The van der Waals surface area contributed by atoms with Crippen LogP contribution in [0.5, 0.6) is 5.75 Å². The SMILES string of the molecule is CCN1CCN(c2ccc(C=O)c(O)c2)CC1. The van der Waals surface area contributed by atoms with Gasteiger partial charge in [0.1, 0.15) is 5.75 Å². The minimum atomic E-state index is 0.0652. The fourth-order valence-electron chi connectivity index (χ4n) is 2.15. The Kier molecular flexibility index (Phi) is 3.64. The van der Waals surface area contributed by atoms with Crippen LogP contribution in [0, 0.1) is 0 Å². The summed E-state index contributed by atoms with van der Waals surface area (Å²) in [6, 6.07) is 5.24. The highest BCUT2D eigenvalue weighted by atomic mass is 16.3. The summed E-state index contributed by atoms with van der Waals surface area (Å²) in [5.41, 5.74) is 1.34. The van der Waals surface area contributed by atoms with E-state index in [0.717, 1.165) is 38.4 Å². The molecule has 0 atom stereocenters. The van der Waals surface area contributed by atoms with Gasteiger partial charge in [0.05, 0.1) is 5.56 Å². The van der Waals surface area contributed by atoms with Crippen molar-refractivity contribution in [2.24, 2.45) is 0 Å². The van der Waals surface area contributed by atoms with E-state index >= 15 is 0 Å². The Morgan fingerprint density at radius 2 is 2.00 bits per heavy atom. The van der Waals surface area contributed by atoms with Gasteiger partial charge >= 0.3 is 0 Å². The molecule has 0 radical (unpaired) electrons. The summed E-state index contributed by atoms with van der Waals surface area (Å²) in [5, 5.41) is 9.65. The van der Waals surface area contributed by atoms with Gasteiger partial charge in [-0.3, -0.25) is 4.79 Å². The zero-order chi connectivity index (χ0) is 12.3. The van der Waals surface area contributed by atoms with Crippen LogP contribution in [0.1, 0.15) is 17.3 Å². The molecule has 92 valence electrons. The third kappa shape index (κ3) is 2.58. The first-order valence-electron chi connectivity index (χ1n) is 6.00. The molecule has 1 aromatic carbocycles. The van der Waals surface area contributed by atoms with Crippen molar-refractivity contribution >= 4 is 12.0 Å². The van der Waals surface area contributed by atoms with Gasteiger partial charge in [0, 0.05) is 37.9 Å². The number of hydrogen-bond acceptors (Lipinski definition) is 4. The van der Waals surface area contributed by atoms with E-state index in [4.69, 9.17) is 0 Å². The van der Waals surface area contributed by atoms with E-state index in [1.165, 1.54) is 0 Å². The van der Waals surface area contributed by atoms with E-state index < -0.39 is 0 Å². The Bertz CT molecular complexity index is 398. The van der Waals surface area contributed by atoms with E-state index in [1.807, 2.05) is 6.07 Å². The zero-order valence-corrected chi connectivity index (χ0v) is 10.1.